The van der Waals surface area contributed by atoms with Gasteiger partial charge >= 0.3 is 0 Å². The lowest BCUT2D eigenvalue weighted by atomic mass is 9.95. The lowest BCUT2D eigenvalue weighted by molar-refractivity contribution is 0.0901. The molecule has 6 nitrogen and oxygen atoms in total. The number of amides is 1. The van der Waals surface area contributed by atoms with E-state index in [0.717, 1.165) is 48.1 Å². The maximum Gasteiger partial charge on any atom is 0.252 e. The first-order chi connectivity index (χ1) is 11.5. The van der Waals surface area contributed by atoms with Gasteiger partial charge in [-0.15, -0.1) is 0 Å². The van der Waals surface area contributed by atoms with Gasteiger partial charge in [-0.3, -0.25) is 9.48 Å². The van der Waals surface area contributed by atoms with Crippen LogP contribution in [0.3, 0.4) is 0 Å². The number of hydrogen-bond acceptors (Lipinski definition) is 4. The number of hydrogen-bond donors (Lipinski definition) is 2. The highest BCUT2D eigenvalue weighted by Crippen LogP contribution is 2.25. The molecule has 0 saturated heterocycles. The smallest absolute Gasteiger partial charge is 0.252 e. The first kappa shape index (κ1) is 16.9. The first-order valence-corrected chi connectivity index (χ1v) is 8.74. The van der Waals surface area contributed by atoms with Gasteiger partial charge in [0.1, 0.15) is 0 Å². The molecule has 2 N–H and O–H groups in total. The van der Waals surface area contributed by atoms with Gasteiger partial charge in [0, 0.05) is 31.3 Å². The van der Waals surface area contributed by atoms with Crippen LogP contribution < -0.4 is 5.32 Å². The van der Waals surface area contributed by atoms with E-state index < -0.39 is 0 Å². The maximum atomic E-state index is 13.0. The van der Waals surface area contributed by atoms with Crippen LogP contribution in [-0.2, 0) is 7.05 Å². The van der Waals surface area contributed by atoms with E-state index in [2.05, 4.69) is 15.4 Å². The van der Waals surface area contributed by atoms with Gasteiger partial charge in [0.2, 0.25) is 0 Å². The summed E-state index contributed by atoms with van der Waals surface area (Å²) >= 11 is 0. The van der Waals surface area contributed by atoms with E-state index >= 15 is 0 Å². The molecule has 1 fully saturated rings. The Labute approximate surface area is 142 Å². The Kier molecular flexibility index (Phi) is 4.85. The van der Waals surface area contributed by atoms with Gasteiger partial charge in [0.25, 0.3) is 5.91 Å². The number of carbonyl (C=O) groups is 1. The van der Waals surface area contributed by atoms with Crippen molar-refractivity contribution < 1.29 is 9.90 Å². The summed E-state index contributed by atoms with van der Waals surface area (Å²) in [4.78, 5) is 17.5. The van der Waals surface area contributed by atoms with Gasteiger partial charge in [0.05, 0.1) is 16.6 Å². The second kappa shape index (κ2) is 6.89. The Morgan fingerprint density at radius 2 is 2.08 bits per heavy atom. The molecule has 2 atom stereocenters. The fourth-order valence-corrected chi connectivity index (χ4v) is 3.79. The Morgan fingerprint density at radius 3 is 2.83 bits per heavy atom. The predicted octanol–water partition coefficient (Wildman–Crippen LogP) is 2.26. The topological polar surface area (TPSA) is 80.0 Å². The summed E-state index contributed by atoms with van der Waals surface area (Å²) in [5, 5.41) is 18.0. The molecule has 2 aromatic rings. The van der Waals surface area contributed by atoms with E-state index in [1.54, 1.807) is 4.68 Å². The number of aliphatic hydroxyl groups is 1. The summed E-state index contributed by atoms with van der Waals surface area (Å²) < 4.78 is 1.72. The zero-order chi connectivity index (χ0) is 17.3. The van der Waals surface area contributed by atoms with Crippen LogP contribution in [0.25, 0.3) is 11.0 Å². The van der Waals surface area contributed by atoms with Crippen molar-refractivity contribution in [1.29, 1.82) is 0 Å². The van der Waals surface area contributed by atoms with Crippen LogP contribution in [0.1, 0.15) is 53.8 Å². The minimum absolute atomic E-state index is 0.0329. The van der Waals surface area contributed by atoms with E-state index in [-0.39, 0.29) is 24.5 Å². The minimum Gasteiger partial charge on any atom is -0.396 e. The molecule has 130 valence electrons. The summed E-state index contributed by atoms with van der Waals surface area (Å²) in [6, 6.07) is 1.86. The molecule has 1 aliphatic rings. The van der Waals surface area contributed by atoms with E-state index in [1.807, 2.05) is 27.0 Å². The van der Waals surface area contributed by atoms with Gasteiger partial charge in [-0.05, 0) is 32.8 Å². The van der Waals surface area contributed by atoms with Crippen molar-refractivity contribution in [3.8, 4) is 0 Å². The third-order valence-corrected chi connectivity index (χ3v) is 5.05. The molecular weight excluding hydrogens is 304 g/mol. The highest BCUT2D eigenvalue weighted by atomic mass is 16.3. The Bertz CT molecular complexity index is 753. The molecule has 6 heteroatoms. The SMILES string of the molecule is Cc1cc(C(=O)NC2CCCCCC2CO)c2c(C)nn(C)c2n1. The average Bonchev–Trinajstić information content (AvgIpc) is 2.73. The fraction of sp³-hybridized carbons (Fsp3) is 0.611. The summed E-state index contributed by atoms with van der Waals surface area (Å²) in [6.45, 7) is 3.92. The van der Waals surface area contributed by atoms with Gasteiger partial charge in [0.15, 0.2) is 5.65 Å². The Morgan fingerprint density at radius 1 is 1.33 bits per heavy atom. The van der Waals surface area contributed by atoms with E-state index in [9.17, 15) is 9.90 Å². The minimum atomic E-state index is -0.0908. The van der Waals surface area contributed by atoms with Crippen LogP contribution in [-0.4, -0.2) is 38.4 Å². The molecule has 0 bridgehead atoms. The third-order valence-electron chi connectivity index (χ3n) is 5.05. The lowest BCUT2D eigenvalue weighted by Crippen LogP contribution is -2.41. The predicted molar refractivity (Wildman–Crippen MR) is 92.9 cm³/mol. The lowest BCUT2D eigenvalue weighted by Gasteiger charge is -2.24. The molecule has 2 heterocycles. The number of rotatable bonds is 3. The molecule has 0 radical (unpaired) electrons. The number of pyridine rings is 1. The van der Waals surface area contributed by atoms with Crippen LogP contribution in [0, 0.1) is 19.8 Å². The zero-order valence-electron chi connectivity index (χ0n) is 14.7. The standard InChI is InChI=1S/C18H26N4O2/c1-11-9-14(16-12(2)21-22(3)17(16)19-11)18(24)20-15-8-6-4-5-7-13(15)10-23/h9,13,15,23H,4-8,10H2,1-3H3,(H,20,24). The number of nitrogens with one attached hydrogen (secondary N) is 1. The molecule has 2 unspecified atom stereocenters. The first-order valence-electron chi connectivity index (χ1n) is 8.74. The molecule has 0 aliphatic heterocycles. The van der Waals surface area contributed by atoms with Crippen molar-refractivity contribution in [3.63, 3.8) is 0 Å². The molecule has 1 aliphatic carbocycles. The van der Waals surface area contributed by atoms with Gasteiger partial charge in [-0.1, -0.05) is 19.3 Å². The highest BCUT2D eigenvalue weighted by Gasteiger charge is 2.26. The third kappa shape index (κ3) is 3.15. The summed E-state index contributed by atoms with van der Waals surface area (Å²) in [5.74, 6) is 0.0526. The van der Waals surface area contributed by atoms with Gasteiger partial charge < -0.3 is 10.4 Å². The van der Waals surface area contributed by atoms with E-state index in [0.29, 0.717) is 5.56 Å². The summed E-state index contributed by atoms with van der Waals surface area (Å²) in [6.07, 6.45) is 5.29. The van der Waals surface area contributed by atoms with Crippen molar-refractivity contribution in [3.05, 3.63) is 23.0 Å². The molecule has 3 rings (SSSR count). The molecule has 0 spiro atoms. The average molecular weight is 330 g/mol. The Hall–Kier alpha value is -1.95. The second-order valence-corrected chi connectivity index (χ2v) is 6.88. The largest absolute Gasteiger partial charge is 0.396 e. The van der Waals surface area contributed by atoms with Crippen molar-refractivity contribution in [2.24, 2.45) is 13.0 Å². The number of aliphatic hydroxyl groups excluding tert-OH is 1. The normalized spacial score (nSPS) is 21.7. The second-order valence-electron chi connectivity index (χ2n) is 6.88. The highest BCUT2D eigenvalue weighted by molar-refractivity contribution is 6.06. The Balaban J connectivity index is 1.93. The molecule has 0 aromatic carbocycles. The molecule has 24 heavy (non-hydrogen) atoms. The number of carbonyl (C=O) groups excluding carboxylic acids is 1. The molecule has 1 amide bonds. The quantitative estimate of drug-likeness (QED) is 0.846. The maximum absolute atomic E-state index is 13.0. The number of aryl methyl sites for hydroxylation is 3. The van der Waals surface area contributed by atoms with Crippen LogP contribution in [0.2, 0.25) is 0 Å². The van der Waals surface area contributed by atoms with E-state index in [1.165, 1.54) is 6.42 Å². The molecular formula is C18H26N4O2. The van der Waals surface area contributed by atoms with Gasteiger partial charge in [-0.2, -0.15) is 5.10 Å². The van der Waals surface area contributed by atoms with Crippen molar-refractivity contribution in [1.82, 2.24) is 20.1 Å². The number of nitrogens with zero attached hydrogens (tertiary/aromatic N) is 3. The van der Waals surface area contributed by atoms with E-state index in [4.69, 9.17) is 0 Å². The van der Waals surface area contributed by atoms with Crippen LogP contribution in [0.4, 0.5) is 0 Å². The number of aromatic nitrogens is 3. The summed E-state index contributed by atoms with van der Waals surface area (Å²) in [7, 11) is 1.84. The van der Waals surface area contributed by atoms with Crippen molar-refractivity contribution >= 4 is 16.9 Å². The summed E-state index contributed by atoms with van der Waals surface area (Å²) in [5.41, 5.74) is 2.97. The van der Waals surface area contributed by atoms with Crippen molar-refractivity contribution in [2.45, 2.75) is 52.0 Å². The molecule has 2 aromatic heterocycles. The number of fused-ring (bicyclic) bond motifs is 1. The fourth-order valence-electron chi connectivity index (χ4n) is 3.79. The zero-order valence-corrected chi connectivity index (χ0v) is 14.7. The van der Waals surface area contributed by atoms with Crippen LogP contribution in [0.5, 0.6) is 0 Å². The molecule has 1 saturated carbocycles. The monoisotopic (exact) mass is 330 g/mol. The van der Waals surface area contributed by atoms with Gasteiger partial charge in [-0.25, -0.2) is 4.98 Å². The van der Waals surface area contributed by atoms with Crippen LogP contribution >= 0.6 is 0 Å². The van der Waals surface area contributed by atoms with Crippen molar-refractivity contribution in [2.75, 3.05) is 6.61 Å². The van der Waals surface area contributed by atoms with Crippen LogP contribution in [0.15, 0.2) is 6.07 Å².